The SMILES string of the molecule is CN(Cc1csc(Br)c1)c1ccc(Cl)cc1CNC1CC1. The highest BCUT2D eigenvalue weighted by molar-refractivity contribution is 9.11. The fourth-order valence-corrected chi connectivity index (χ4v) is 3.79. The van der Waals surface area contributed by atoms with E-state index in [1.165, 1.54) is 33.4 Å². The van der Waals surface area contributed by atoms with E-state index in [-0.39, 0.29) is 0 Å². The van der Waals surface area contributed by atoms with Crippen LogP contribution in [0.4, 0.5) is 5.69 Å². The second-order valence-electron chi connectivity index (χ2n) is 5.54. The first-order valence-electron chi connectivity index (χ1n) is 7.07. The minimum Gasteiger partial charge on any atom is -0.370 e. The average molecular weight is 386 g/mol. The van der Waals surface area contributed by atoms with Crippen LogP contribution in [0.15, 0.2) is 33.4 Å². The maximum absolute atomic E-state index is 6.17. The minimum absolute atomic E-state index is 0.704. The molecule has 0 atom stereocenters. The van der Waals surface area contributed by atoms with Gasteiger partial charge in [0.1, 0.15) is 0 Å². The van der Waals surface area contributed by atoms with E-state index < -0.39 is 0 Å². The number of nitrogens with zero attached hydrogens (tertiary/aromatic N) is 1. The van der Waals surface area contributed by atoms with Crippen LogP contribution in [-0.2, 0) is 13.1 Å². The number of halogens is 2. The van der Waals surface area contributed by atoms with Crippen molar-refractivity contribution in [1.82, 2.24) is 5.32 Å². The van der Waals surface area contributed by atoms with E-state index in [0.717, 1.165) is 18.1 Å². The van der Waals surface area contributed by atoms with Crippen molar-refractivity contribution >= 4 is 44.6 Å². The van der Waals surface area contributed by atoms with Gasteiger partial charge in [-0.2, -0.15) is 0 Å². The Morgan fingerprint density at radius 1 is 1.38 bits per heavy atom. The number of anilines is 1. The molecule has 1 aliphatic rings. The topological polar surface area (TPSA) is 15.3 Å². The number of thiophene rings is 1. The third-order valence-corrected chi connectivity index (χ3v) is 5.44. The summed E-state index contributed by atoms with van der Waals surface area (Å²) in [7, 11) is 2.13. The Labute approximate surface area is 143 Å². The maximum atomic E-state index is 6.17. The highest BCUT2D eigenvalue weighted by Crippen LogP contribution is 2.28. The molecule has 0 radical (unpaired) electrons. The number of hydrogen-bond acceptors (Lipinski definition) is 3. The molecule has 1 fully saturated rings. The number of hydrogen-bond donors (Lipinski definition) is 1. The lowest BCUT2D eigenvalue weighted by Gasteiger charge is -2.22. The Kier molecular flexibility index (Phi) is 4.89. The lowest BCUT2D eigenvalue weighted by molar-refractivity contribution is 0.685. The van der Waals surface area contributed by atoms with Crippen molar-refractivity contribution < 1.29 is 0 Å². The van der Waals surface area contributed by atoms with Crippen LogP contribution in [0.25, 0.3) is 0 Å². The maximum Gasteiger partial charge on any atom is 0.0701 e. The molecule has 1 aromatic carbocycles. The molecule has 1 N–H and O–H groups in total. The standard InChI is InChI=1S/C16H18BrClN2S/c1-20(9-11-6-16(17)21-10-11)15-5-2-13(18)7-12(15)8-19-14-3-4-14/h2,5-7,10,14,19H,3-4,8-9H2,1H3. The first-order chi connectivity index (χ1) is 10.1. The van der Waals surface area contributed by atoms with E-state index in [4.69, 9.17) is 11.6 Å². The molecule has 2 aromatic rings. The summed E-state index contributed by atoms with van der Waals surface area (Å²) in [6, 6.07) is 9.05. The molecule has 3 rings (SSSR count). The van der Waals surface area contributed by atoms with Gasteiger partial charge in [0.25, 0.3) is 0 Å². The summed E-state index contributed by atoms with van der Waals surface area (Å²) >= 11 is 11.4. The average Bonchev–Trinajstić information content (AvgIpc) is 3.19. The number of benzene rings is 1. The second-order valence-corrected chi connectivity index (χ2v) is 8.27. The minimum atomic E-state index is 0.704. The van der Waals surface area contributed by atoms with Gasteiger partial charge in [0.2, 0.25) is 0 Å². The molecule has 0 bridgehead atoms. The van der Waals surface area contributed by atoms with Crippen LogP contribution in [0.2, 0.25) is 5.02 Å². The molecular weight excluding hydrogens is 368 g/mol. The second kappa shape index (κ2) is 6.69. The van der Waals surface area contributed by atoms with Gasteiger partial charge in [0.05, 0.1) is 3.79 Å². The van der Waals surface area contributed by atoms with Gasteiger partial charge in [-0.05, 0) is 69.5 Å². The monoisotopic (exact) mass is 384 g/mol. The van der Waals surface area contributed by atoms with Crippen molar-refractivity contribution in [2.24, 2.45) is 0 Å². The fourth-order valence-electron chi connectivity index (χ4n) is 2.40. The molecule has 0 unspecified atom stereocenters. The van der Waals surface area contributed by atoms with Crippen LogP contribution < -0.4 is 10.2 Å². The predicted molar refractivity (Wildman–Crippen MR) is 95.4 cm³/mol. The molecule has 0 spiro atoms. The van der Waals surface area contributed by atoms with E-state index in [1.807, 2.05) is 6.07 Å². The summed E-state index contributed by atoms with van der Waals surface area (Å²) in [6.45, 7) is 1.79. The van der Waals surface area contributed by atoms with Crippen LogP contribution in [0.1, 0.15) is 24.0 Å². The van der Waals surface area contributed by atoms with Crippen molar-refractivity contribution in [2.45, 2.75) is 32.0 Å². The summed E-state index contributed by atoms with van der Waals surface area (Å²) in [5.74, 6) is 0. The molecule has 1 aromatic heterocycles. The Hall–Kier alpha value is -0.550. The van der Waals surface area contributed by atoms with Gasteiger partial charge in [-0.3, -0.25) is 0 Å². The molecule has 0 aliphatic heterocycles. The highest BCUT2D eigenvalue weighted by atomic mass is 79.9. The smallest absolute Gasteiger partial charge is 0.0701 e. The van der Waals surface area contributed by atoms with Gasteiger partial charge in [-0.15, -0.1) is 11.3 Å². The predicted octanol–water partition coefficient (Wildman–Crippen LogP) is 5.05. The van der Waals surface area contributed by atoms with E-state index in [1.54, 1.807) is 11.3 Å². The molecule has 0 amide bonds. The molecule has 1 heterocycles. The van der Waals surface area contributed by atoms with Crippen molar-refractivity contribution in [2.75, 3.05) is 11.9 Å². The largest absolute Gasteiger partial charge is 0.370 e. The first kappa shape index (κ1) is 15.3. The van der Waals surface area contributed by atoms with Crippen molar-refractivity contribution in [3.63, 3.8) is 0 Å². The Morgan fingerprint density at radius 2 is 2.19 bits per heavy atom. The van der Waals surface area contributed by atoms with Gasteiger partial charge in [0.15, 0.2) is 0 Å². The van der Waals surface area contributed by atoms with Crippen LogP contribution in [0.3, 0.4) is 0 Å². The van der Waals surface area contributed by atoms with Crippen LogP contribution in [0.5, 0.6) is 0 Å². The molecule has 112 valence electrons. The Balaban J connectivity index is 1.75. The van der Waals surface area contributed by atoms with Crippen LogP contribution >= 0.6 is 38.9 Å². The molecule has 1 aliphatic carbocycles. The first-order valence-corrected chi connectivity index (χ1v) is 9.13. The summed E-state index contributed by atoms with van der Waals surface area (Å²) in [5.41, 5.74) is 3.84. The van der Waals surface area contributed by atoms with Crippen LogP contribution in [0, 0.1) is 0 Å². The lowest BCUT2D eigenvalue weighted by Crippen LogP contribution is -2.21. The Morgan fingerprint density at radius 3 is 2.86 bits per heavy atom. The molecule has 0 saturated heterocycles. The van der Waals surface area contributed by atoms with E-state index in [9.17, 15) is 0 Å². The molecule has 21 heavy (non-hydrogen) atoms. The van der Waals surface area contributed by atoms with Crippen molar-refractivity contribution in [3.05, 3.63) is 49.6 Å². The fraction of sp³-hybridized carbons (Fsp3) is 0.375. The van der Waals surface area contributed by atoms with Crippen LogP contribution in [-0.4, -0.2) is 13.1 Å². The zero-order valence-electron chi connectivity index (χ0n) is 11.9. The summed E-state index contributed by atoms with van der Waals surface area (Å²) < 4.78 is 1.18. The zero-order chi connectivity index (χ0) is 14.8. The van der Waals surface area contributed by atoms with Gasteiger partial charge in [-0.1, -0.05) is 11.6 Å². The van der Waals surface area contributed by atoms with Crippen molar-refractivity contribution in [3.8, 4) is 0 Å². The van der Waals surface area contributed by atoms with Gasteiger partial charge < -0.3 is 10.2 Å². The molecule has 5 heteroatoms. The third-order valence-electron chi connectivity index (χ3n) is 3.65. The quantitative estimate of drug-likeness (QED) is 0.748. The van der Waals surface area contributed by atoms with Gasteiger partial charge >= 0.3 is 0 Å². The number of nitrogens with one attached hydrogen (secondary N) is 1. The number of rotatable bonds is 6. The molecular formula is C16H18BrClN2S. The van der Waals surface area contributed by atoms with E-state index in [0.29, 0.717) is 6.04 Å². The lowest BCUT2D eigenvalue weighted by atomic mass is 10.1. The normalized spacial score (nSPS) is 14.4. The molecule has 1 saturated carbocycles. The summed E-state index contributed by atoms with van der Waals surface area (Å²) in [5, 5.41) is 6.57. The summed E-state index contributed by atoms with van der Waals surface area (Å²) in [6.07, 6.45) is 2.60. The Bertz CT molecular complexity index is 624. The highest BCUT2D eigenvalue weighted by Gasteiger charge is 2.21. The van der Waals surface area contributed by atoms with Crippen molar-refractivity contribution in [1.29, 1.82) is 0 Å². The molecule has 2 nitrogen and oxygen atoms in total. The van der Waals surface area contributed by atoms with Gasteiger partial charge in [0, 0.05) is 36.9 Å². The van der Waals surface area contributed by atoms with Gasteiger partial charge in [-0.25, -0.2) is 0 Å². The van der Waals surface area contributed by atoms with E-state index >= 15 is 0 Å². The summed E-state index contributed by atoms with van der Waals surface area (Å²) in [4.78, 5) is 2.29. The van der Waals surface area contributed by atoms with E-state index in [2.05, 4.69) is 56.8 Å². The third kappa shape index (κ3) is 4.22. The zero-order valence-corrected chi connectivity index (χ0v) is 15.1.